The van der Waals surface area contributed by atoms with Crippen molar-refractivity contribution in [2.75, 3.05) is 6.26 Å². The van der Waals surface area contributed by atoms with Gasteiger partial charge in [-0.3, -0.25) is 0 Å². The topological polar surface area (TPSA) is 0 Å². The molecule has 0 saturated carbocycles. The highest BCUT2D eigenvalue weighted by molar-refractivity contribution is 8.11. The van der Waals surface area contributed by atoms with Crippen molar-refractivity contribution in [3.05, 3.63) is 33.4 Å². The third-order valence-corrected chi connectivity index (χ3v) is 5.05. The van der Waals surface area contributed by atoms with E-state index in [1.54, 1.807) is 0 Å². The highest BCUT2D eigenvalue weighted by Crippen LogP contribution is 2.41. The Hall–Kier alpha value is -0.120. The van der Waals surface area contributed by atoms with E-state index in [9.17, 15) is 0 Å². The highest BCUT2D eigenvalue weighted by atomic mass is 32.2. The zero-order valence-corrected chi connectivity index (χ0v) is 10.7. The molecule has 1 aromatic rings. The average Bonchev–Trinajstić information content (AvgIpc) is 2.61. The van der Waals surface area contributed by atoms with Crippen LogP contribution in [0.4, 0.5) is 0 Å². The van der Waals surface area contributed by atoms with Gasteiger partial charge in [-0.25, -0.2) is 0 Å². The van der Waals surface area contributed by atoms with Gasteiger partial charge in [0.25, 0.3) is 0 Å². The molecule has 0 aromatic carbocycles. The minimum Gasteiger partial charge on any atom is -0.139 e. The summed E-state index contributed by atoms with van der Waals surface area (Å²) in [6, 6.07) is 2.28. The van der Waals surface area contributed by atoms with Gasteiger partial charge in [0.1, 0.15) is 0 Å². The molecule has 0 saturated heterocycles. The van der Waals surface area contributed by atoms with E-state index >= 15 is 0 Å². The van der Waals surface area contributed by atoms with Gasteiger partial charge in [0, 0.05) is 14.7 Å². The molecule has 0 bridgehead atoms. The Morgan fingerprint density at radius 1 is 1.43 bits per heavy atom. The van der Waals surface area contributed by atoms with Crippen LogP contribution in [0.15, 0.2) is 28.5 Å². The molecule has 0 atom stereocenters. The van der Waals surface area contributed by atoms with E-state index in [-0.39, 0.29) is 0 Å². The standard InChI is InChI=1S/C11H12S3/c1-8-7-10(12-2)11(14-8)9-5-3-4-6-13-9/h4-7H,3H2,1-2H3. The molecule has 1 aliphatic rings. The van der Waals surface area contributed by atoms with Crippen LogP contribution in [0.25, 0.3) is 4.91 Å². The first-order chi connectivity index (χ1) is 6.81. The molecule has 0 radical (unpaired) electrons. The molecule has 74 valence electrons. The van der Waals surface area contributed by atoms with Gasteiger partial charge in [0.15, 0.2) is 0 Å². The van der Waals surface area contributed by atoms with Gasteiger partial charge in [-0.15, -0.1) is 23.1 Å². The first-order valence-electron chi connectivity index (χ1n) is 4.48. The zero-order chi connectivity index (χ0) is 9.97. The predicted octanol–water partition coefficient (Wildman–Crippen LogP) is 4.77. The van der Waals surface area contributed by atoms with Gasteiger partial charge in [-0.05, 0) is 31.1 Å². The van der Waals surface area contributed by atoms with E-state index in [4.69, 9.17) is 0 Å². The average molecular weight is 240 g/mol. The van der Waals surface area contributed by atoms with Crippen LogP contribution in [0.5, 0.6) is 0 Å². The van der Waals surface area contributed by atoms with Crippen molar-refractivity contribution < 1.29 is 0 Å². The van der Waals surface area contributed by atoms with Gasteiger partial charge in [0.2, 0.25) is 0 Å². The first-order valence-corrected chi connectivity index (χ1v) is 7.40. The minimum atomic E-state index is 1.08. The Kier molecular flexibility index (Phi) is 3.42. The van der Waals surface area contributed by atoms with Gasteiger partial charge in [-0.2, -0.15) is 0 Å². The Labute approximate surface area is 97.5 Å². The molecule has 0 amide bonds. The third kappa shape index (κ3) is 2.10. The molecule has 0 fully saturated rings. The van der Waals surface area contributed by atoms with E-state index in [1.165, 1.54) is 19.6 Å². The Balaban J connectivity index is 2.34. The van der Waals surface area contributed by atoms with Crippen LogP contribution in [0, 0.1) is 6.92 Å². The molecular weight excluding hydrogens is 228 g/mol. The molecule has 3 heteroatoms. The van der Waals surface area contributed by atoms with Crippen LogP contribution < -0.4 is 0 Å². The summed E-state index contributed by atoms with van der Waals surface area (Å²) in [5.74, 6) is 0. The number of thiophene rings is 1. The van der Waals surface area contributed by atoms with Gasteiger partial charge < -0.3 is 0 Å². The van der Waals surface area contributed by atoms with E-state index in [0.29, 0.717) is 0 Å². The SMILES string of the molecule is CSc1cc(C)sc1C1=CCC=CS1. The largest absolute Gasteiger partial charge is 0.139 e. The van der Waals surface area contributed by atoms with Crippen LogP contribution in [-0.2, 0) is 0 Å². The van der Waals surface area contributed by atoms with Crippen molar-refractivity contribution in [3.8, 4) is 0 Å². The second-order valence-corrected chi connectivity index (χ2v) is 6.10. The molecule has 1 aromatic heterocycles. The summed E-state index contributed by atoms with van der Waals surface area (Å²) in [5.41, 5.74) is 0. The maximum atomic E-state index is 2.32. The summed E-state index contributed by atoms with van der Waals surface area (Å²) in [4.78, 5) is 5.70. The molecule has 0 spiro atoms. The molecule has 0 aliphatic carbocycles. The molecule has 2 rings (SSSR count). The molecule has 2 heterocycles. The molecule has 1 aliphatic heterocycles. The molecule has 0 unspecified atom stereocenters. The van der Waals surface area contributed by atoms with E-state index in [2.05, 4.69) is 36.8 Å². The summed E-state index contributed by atoms with van der Waals surface area (Å²) >= 11 is 5.58. The van der Waals surface area contributed by atoms with Crippen LogP contribution in [0.2, 0.25) is 0 Å². The van der Waals surface area contributed by atoms with Gasteiger partial charge >= 0.3 is 0 Å². The quantitative estimate of drug-likeness (QED) is 0.683. The Morgan fingerprint density at radius 2 is 2.29 bits per heavy atom. The van der Waals surface area contributed by atoms with E-state index in [0.717, 1.165) is 6.42 Å². The number of hydrogen-bond donors (Lipinski definition) is 0. The smallest absolute Gasteiger partial charge is 0.0545 e. The van der Waals surface area contributed by atoms with Gasteiger partial charge in [0.05, 0.1) is 4.88 Å². The van der Waals surface area contributed by atoms with Crippen LogP contribution >= 0.6 is 34.9 Å². The molecule has 0 N–H and O–H groups in total. The van der Waals surface area contributed by atoms with Crippen LogP contribution in [0.3, 0.4) is 0 Å². The van der Waals surface area contributed by atoms with Crippen molar-refractivity contribution in [3.63, 3.8) is 0 Å². The molecular formula is C11H12S3. The van der Waals surface area contributed by atoms with Crippen molar-refractivity contribution in [1.29, 1.82) is 0 Å². The number of allylic oxidation sites excluding steroid dienone is 2. The lowest BCUT2D eigenvalue weighted by atomic mass is 10.3. The van der Waals surface area contributed by atoms with Crippen molar-refractivity contribution in [2.45, 2.75) is 18.2 Å². The van der Waals surface area contributed by atoms with E-state index in [1.807, 2.05) is 34.9 Å². The van der Waals surface area contributed by atoms with Crippen LogP contribution in [0.1, 0.15) is 16.2 Å². The maximum Gasteiger partial charge on any atom is 0.0545 e. The minimum absolute atomic E-state index is 1.08. The number of hydrogen-bond acceptors (Lipinski definition) is 3. The highest BCUT2D eigenvalue weighted by Gasteiger charge is 2.11. The summed E-state index contributed by atoms with van der Waals surface area (Å²) in [6.07, 6.45) is 7.74. The lowest BCUT2D eigenvalue weighted by molar-refractivity contribution is 1.40. The number of aryl methyl sites for hydroxylation is 1. The fraction of sp³-hybridized carbons (Fsp3) is 0.273. The molecule has 0 nitrogen and oxygen atoms in total. The Bertz CT molecular complexity index is 385. The monoisotopic (exact) mass is 240 g/mol. The summed E-state index contributed by atoms with van der Waals surface area (Å²) in [6.45, 7) is 2.18. The number of thioether (sulfide) groups is 2. The van der Waals surface area contributed by atoms with Gasteiger partial charge in [-0.1, -0.05) is 23.9 Å². The van der Waals surface area contributed by atoms with Crippen molar-refractivity contribution >= 4 is 39.8 Å². The normalized spacial score (nSPS) is 15.7. The molecule has 14 heavy (non-hydrogen) atoms. The lowest BCUT2D eigenvalue weighted by Crippen LogP contribution is -1.79. The second-order valence-electron chi connectivity index (χ2n) is 3.05. The first kappa shape index (κ1) is 10.4. The van der Waals surface area contributed by atoms with Crippen molar-refractivity contribution in [2.24, 2.45) is 0 Å². The predicted molar refractivity (Wildman–Crippen MR) is 70.2 cm³/mol. The fourth-order valence-corrected chi connectivity index (χ4v) is 4.34. The second kappa shape index (κ2) is 4.60. The number of rotatable bonds is 2. The van der Waals surface area contributed by atoms with Crippen LogP contribution in [-0.4, -0.2) is 6.26 Å². The van der Waals surface area contributed by atoms with E-state index < -0.39 is 0 Å². The third-order valence-electron chi connectivity index (χ3n) is 2.00. The lowest BCUT2D eigenvalue weighted by Gasteiger charge is -2.06. The fourth-order valence-electron chi connectivity index (χ4n) is 1.36. The van der Waals surface area contributed by atoms with Crippen molar-refractivity contribution in [1.82, 2.24) is 0 Å². The Morgan fingerprint density at radius 3 is 2.93 bits per heavy atom. The summed E-state index contributed by atoms with van der Waals surface area (Å²) < 4.78 is 0. The zero-order valence-electron chi connectivity index (χ0n) is 8.24. The summed E-state index contributed by atoms with van der Waals surface area (Å²) in [7, 11) is 0. The maximum absolute atomic E-state index is 2.32. The summed E-state index contributed by atoms with van der Waals surface area (Å²) in [5, 5.41) is 2.19.